The predicted octanol–water partition coefficient (Wildman–Crippen LogP) is -5.75. The van der Waals surface area contributed by atoms with E-state index in [0.29, 0.717) is 0 Å². The summed E-state index contributed by atoms with van der Waals surface area (Å²) < 4.78 is 0. The maximum Gasteiger partial charge on any atom is 0.326 e. The summed E-state index contributed by atoms with van der Waals surface area (Å²) in [6.07, 6.45) is -1.64. The number of aliphatic imine (C=N–C) groups is 1. The molecule has 0 aromatic carbocycles. The minimum Gasteiger partial charge on any atom is -0.481 e. The summed E-state index contributed by atoms with van der Waals surface area (Å²) >= 11 is 0. The number of nitrogens with zero attached hydrogens (tertiary/aromatic N) is 1. The normalized spacial score (nSPS) is 13.0. The largest absolute Gasteiger partial charge is 0.481 e. The molecule has 0 aliphatic carbocycles. The number of amides is 6. The van der Waals surface area contributed by atoms with Crippen molar-refractivity contribution < 1.29 is 58.5 Å². The SMILES string of the molecule is CC(C)CC(NC(=O)C(CC(=O)O)NC(=O)CNC(=O)C(CCCN=C(N)N)NC(=O)CNC(=O)C(CC(=O)O)NC(=O)CN)C(=O)O. The van der Waals surface area contributed by atoms with Crippen LogP contribution in [0, 0.1) is 5.92 Å². The van der Waals surface area contributed by atoms with Crippen molar-refractivity contribution in [3.63, 3.8) is 0 Å². The Morgan fingerprint density at radius 1 is 0.646 bits per heavy atom. The molecule has 0 radical (unpaired) electrons. The van der Waals surface area contributed by atoms with Gasteiger partial charge in [-0.05, 0) is 25.2 Å². The fourth-order valence-electron chi connectivity index (χ4n) is 3.83. The van der Waals surface area contributed by atoms with Gasteiger partial charge in [-0.2, -0.15) is 0 Å². The highest BCUT2D eigenvalue weighted by molar-refractivity contribution is 5.96. The van der Waals surface area contributed by atoms with E-state index < -0.39 is 110 Å². The third kappa shape index (κ3) is 19.1. The Morgan fingerprint density at radius 2 is 1.10 bits per heavy atom. The van der Waals surface area contributed by atoms with Gasteiger partial charge in [0.05, 0.1) is 32.5 Å². The Kier molecular flexibility index (Phi) is 19.5. The number of hydrogen-bond donors (Lipinski definition) is 12. The van der Waals surface area contributed by atoms with Crippen LogP contribution >= 0.6 is 0 Å². The first-order chi connectivity index (χ1) is 22.4. The number of hydrogen-bond acceptors (Lipinski definition) is 11. The molecule has 0 aliphatic heterocycles. The fraction of sp³-hybridized carbons (Fsp3) is 0.615. The van der Waals surface area contributed by atoms with Crippen LogP contribution in [0.2, 0.25) is 0 Å². The molecule has 4 atom stereocenters. The highest BCUT2D eigenvalue weighted by Crippen LogP contribution is 2.06. The van der Waals surface area contributed by atoms with E-state index >= 15 is 0 Å². The van der Waals surface area contributed by atoms with Gasteiger partial charge in [-0.25, -0.2) is 4.79 Å². The zero-order valence-electron chi connectivity index (χ0n) is 26.4. The van der Waals surface area contributed by atoms with Crippen LogP contribution in [0.5, 0.6) is 0 Å². The Morgan fingerprint density at radius 3 is 1.54 bits per heavy atom. The van der Waals surface area contributed by atoms with Crippen molar-refractivity contribution in [2.24, 2.45) is 28.1 Å². The molecule has 0 spiro atoms. The van der Waals surface area contributed by atoms with E-state index in [1.807, 2.05) is 0 Å². The molecule has 0 bridgehead atoms. The minimum atomic E-state index is -1.70. The van der Waals surface area contributed by atoms with E-state index in [2.05, 4.69) is 36.9 Å². The summed E-state index contributed by atoms with van der Waals surface area (Å²) in [5.41, 5.74) is 15.7. The van der Waals surface area contributed by atoms with Gasteiger partial charge in [-0.15, -0.1) is 0 Å². The maximum absolute atomic E-state index is 12.9. The number of aliphatic carboxylic acids is 3. The standard InChI is InChI=1S/C26H44N10O12/c1-12(2)6-16(25(47)48)36-24(46)15(8-21(42)43)35-19(39)11-31-22(44)13(4-3-5-30-26(28)29)33-18(38)10-32-23(45)14(7-20(40)41)34-17(37)9-27/h12-16H,3-11,27H2,1-2H3,(H,31,44)(H,32,45)(H,33,38)(H,34,37)(H,35,39)(H,36,46)(H,40,41)(H,42,43)(H,47,48)(H4,28,29,30). The van der Waals surface area contributed by atoms with Gasteiger partial charge in [0.2, 0.25) is 35.4 Å². The number of nitrogens with two attached hydrogens (primary N) is 3. The molecule has 0 saturated carbocycles. The topological polar surface area (TPSA) is 377 Å². The molecule has 270 valence electrons. The van der Waals surface area contributed by atoms with Crippen LogP contribution in [0.1, 0.15) is 46.0 Å². The first-order valence-electron chi connectivity index (χ1n) is 14.5. The number of carboxylic acids is 3. The van der Waals surface area contributed by atoms with E-state index in [0.717, 1.165) is 0 Å². The zero-order chi connectivity index (χ0) is 37.0. The Hall–Kier alpha value is -5.54. The molecule has 0 aromatic heterocycles. The second kappa shape index (κ2) is 22.1. The van der Waals surface area contributed by atoms with Crippen LogP contribution in [0.25, 0.3) is 0 Å². The molecule has 22 nitrogen and oxygen atoms in total. The summed E-state index contributed by atoms with van der Waals surface area (Å²) in [5.74, 6) is -10.5. The molecular formula is C26H44N10O12. The third-order valence-electron chi connectivity index (χ3n) is 6.01. The van der Waals surface area contributed by atoms with Gasteiger partial charge in [0.1, 0.15) is 24.2 Å². The smallest absolute Gasteiger partial charge is 0.326 e. The highest BCUT2D eigenvalue weighted by Gasteiger charge is 2.30. The van der Waals surface area contributed by atoms with Gasteiger partial charge in [0, 0.05) is 6.54 Å². The second-order valence-electron chi connectivity index (χ2n) is 10.7. The number of guanidine groups is 1. The Balaban J connectivity index is 5.50. The third-order valence-corrected chi connectivity index (χ3v) is 6.01. The van der Waals surface area contributed by atoms with Crippen molar-refractivity contribution in [2.75, 3.05) is 26.2 Å². The molecule has 0 fully saturated rings. The maximum atomic E-state index is 12.9. The summed E-state index contributed by atoms with van der Waals surface area (Å²) in [6, 6.07) is -5.94. The van der Waals surface area contributed by atoms with Crippen molar-refractivity contribution in [3.05, 3.63) is 0 Å². The van der Waals surface area contributed by atoms with Crippen molar-refractivity contribution in [2.45, 2.75) is 70.1 Å². The lowest BCUT2D eigenvalue weighted by molar-refractivity contribution is -0.144. The molecule has 4 unspecified atom stereocenters. The van der Waals surface area contributed by atoms with Gasteiger partial charge in [0.15, 0.2) is 5.96 Å². The second-order valence-corrected chi connectivity index (χ2v) is 10.7. The number of carbonyl (C=O) groups excluding carboxylic acids is 6. The van der Waals surface area contributed by atoms with Gasteiger partial charge in [-0.1, -0.05) is 13.8 Å². The highest BCUT2D eigenvalue weighted by atomic mass is 16.4. The molecule has 15 N–H and O–H groups in total. The molecule has 0 rings (SSSR count). The van der Waals surface area contributed by atoms with E-state index in [1.165, 1.54) is 0 Å². The fourth-order valence-corrected chi connectivity index (χ4v) is 3.83. The molecule has 22 heteroatoms. The van der Waals surface area contributed by atoms with Crippen molar-refractivity contribution in [3.8, 4) is 0 Å². The quantitative estimate of drug-likeness (QED) is 0.0270. The number of nitrogens with one attached hydrogen (secondary N) is 6. The lowest BCUT2D eigenvalue weighted by Gasteiger charge is -2.22. The monoisotopic (exact) mass is 688 g/mol. The van der Waals surface area contributed by atoms with E-state index in [9.17, 15) is 53.4 Å². The molecule has 0 aromatic rings. The predicted molar refractivity (Wildman–Crippen MR) is 164 cm³/mol. The van der Waals surface area contributed by atoms with Crippen molar-refractivity contribution in [1.82, 2.24) is 31.9 Å². The Bertz CT molecular complexity index is 1220. The molecule has 0 saturated heterocycles. The van der Waals surface area contributed by atoms with Crippen molar-refractivity contribution >= 4 is 59.3 Å². The molecule has 48 heavy (non-hydrogen) atoms. The molecule has 0 aliphatic rings. The van der Waals surface area contributed by atoms with Crippen molar-refractivity contribution in [1.29, 1.82) is 0 Å². The van der Waals surface area contributed by atoms with Crippen LogP contribution in [0.3, 0.4) is 0 Å². The average Bonchev–Trinajstić information content (AvgIpc) is 2.97. The first-order valence-corrected chi connectivity index (χ1v) is 14.5. The van der Waals surface area contributed by atoms with Crippen LogP contribution in [0.15, 0.2) is 4.99 Å². The van der Waals surface area contributed by atoms with Gasteiger partial charge in [-0.3, -0.25) is 43.3 Å². The van der Waals surface area contributed by atoms with Gasteiger partial charge < -0.3 is 64.4 Å². The van der Waals surface area contributed by atoms with Crippen LogP contribution < -0.4 is 49.1 Å². The minimum absolute atomic E-state index is 0.0264. The lowest BCUT2D eigenvalue weighted by Crippen LogP contribution is -2.55. The van der Waals surface area contributed by atoms with Gasteiger partial charge in [0.25, 0.3) is 0 Å². The number of rotatable bonds is 23. The number of carboxylic acid groups (broad SMARTS) is 3. The van der Waals surface area contributed by atoms with E-state index in [-0.39, 0.29) is 37.7 Å². The molecule has 6 amide bonds. The van der Waals surface area contributed by atoms with Crippen LogP contribution in [-0.2, 0) is 43.2 Å². The molecular weight excluding hydrogens is 644 g/mol. The van der Waals surface area contributed by atoms with E-state index in [4.69, 9.17) is 22.3 Å². The van der Waals surface area contributed by atoms with E-state index in [1.54, 1.807) is 13.8 Å². The summed E-state index contributed by atoms with van der Waals surface area (Å²) in [4.78, 5) is 112. The van der Waals surface area contributed by atoms with Gasteiger partial charge >= 0.3 is 17.9 Å². The van der Waals surface area contributed by atoms with Crippen LogP contribution in [0.4, 0.5) is 0 Å². The number of carbonyl (C=O) groups is 9. The van der Waals surface area contributed by atoms with Crippen LogP contribution in [-0.4, -0.2) is 125 Å². The first kappa shape index (κ1) is 42.5. The zero-order valence-corrected chi connectivity index (χ0v) is 26.4. The average molecular weight is 689 g/mol. The summed E-state index contributed by atoms with van der Waals surface area (Å²) in [6.45, 7) is 1.36. The summed E-state index contributed by atoms with van der Waals surface area (Å²) in [7, 11) is 0. The summed E-state index contributed by atoms with van der Waals surface area (Å²) in [5, 5.41) is 40.6. The lowest BCUT2D eigenvalue weighted by atomic mass is 10.0. The molecule has 0 heterocycles. The Labute approximate surface area is 274 Å².